The van der Waals surface area contributed by atoms with E-state index in [4.69, 9.17) is 5.73 Å². The van der Waals surface area contributed by atoms with Gasteiger partial charge in [-0.25, -0.2) is 0 Å². The van der Waals surface area contributed by atoms with E-state index < -0.39 is 0 Å². The van der Waals surface area contributed by atoms with Crippen LogP contribution < -0.4 is 5.73 Å². The number of nitrogens with two attached hydrogens (primary N) is 1. The third kappa shape index (κ3) is 2.12. The van der Waals surface area contributed by atoms with Gasteiger partial charge in [-0.15, -0.1) is 11.8 Å². The van der Waals surface area contributed by atoms with Gasteiger partial charge in [-0.05, 0) is 41.0 Å². The number of benzene rings is 1. The van der Waals surface area contributed by atoms with Crippen molar-refractivity contribution in [2.75, 3.05) is 12.0 Å². The lowest BCUT2D eigenvalue weighted by atomic mass is 10.1. The van der Waals surface area contributed by atoms with Crippen LogP contribution in [0.4, 0.5) is 5.82 Å². The lowest BCUT2D eigenvalue weighted by molar-refractivity contribution is 1.10. The highest BCUT2D eigenvalue weighted by Gasteiger charge is 2.08. The van der Waals surface area contributed by atoms with Gasteiger partial charge in [-0.1, -0.05) is 12.1 Å². The van der Waals surface area contributed by atoms with E-state index in [1.54, 1.807) is 11.8 Å². The van der Waals surface area contributed by atoms with Crippen molar-refractivity contribution < 1.29 is 0 Å². The molecule has 0 spiro atoms. The van der Waals surface area contributed by atoms with Crippen LogP contribution in [-0.2, 0) is 0 Å². The molecule has 0 fully saturated rings. The van der Waals surface area contributed by atoms with Crippen LogP contribution in [0.5, 0.6) is 0 Å². The normalized spacial score (nSPS) is 10.5. The molecule has 78 valence electrons. The Bertz CT molecular complexity index is 464. The smallest absolute Gasteiger partial charge is 0.159 e. The van der Waals surface area contributed by atoms with Crippen molar-refractivity contribution in [1.29, 1.82) is 0 Å². The number of aromatic amines is 1. The minimum atomic E-state index is 0.555. The molecule has 0 atom stereocenters. The third-order valence-electron chi connectivity index (χ3n) is 2.11. The third-order valence-corrected chi connectivity index (χ3v) is 3.95. The number of aromatic nitrogens is 2. The molecule has 0 unspecified atom stereocenters. The largest absolute Gasteiger partial charge is 0.381 e. The number of hydrogen-bond donors (Lipinski definition) is 2. The van der Waals surface area contributed by atoms with Gasteiger partial charge in [0.05, 0.1) is 9.26 Å². The van der Waals surface area contributed by atoms with E-state index >= 15 is 0 Å². The Morgan fingerprint density at radius 2 is 2.00 bits per heavy atom. The first kappa shape index (κ1) is 10.8. The molecule has 1 heterocycles. The Labute approximate surface area is 106 Å². The summed E-state index contributed by atoms with van der Waals surface area (Å²) >= 11 is 3.93. The van der Waals surface area contributed by atoms with E-state index in [-0.39, 0.29) is 0 Å². The van der Waals surface area contributed by atoms with Crippen molar-refractivity contribution in [1.82, 2.24) is 10.2 Å². The minimum absolute atomic E-state index is 0.555. The molecule has 0 saturated carbocycles. The lowest BCUT2D eigenvalue weighted by Gasteiger charge is -2.00. The molecule has 15 heavy (non-hydrogen) atoms. The first-order chi connectivity index (χ1) is 7.22. The molecule has 1 aromatic carbocycles. The molecule has 0 aliphatic rings. The number of nitrogen functional groups attached to an aromatic ring is 1. The van der Waals surface area contributed by atoms with Gasteiger partial charge in [0.2, 0.25) is 0 Å². The summed E-state index contributed by atoms with van der Waals surface area (Å²) in [5, 5.41) is 6.91. The molecule has 0 saturated heterocycles. The second kappa shape index (κ2) is 4.44. The van der Waals surface area contributed by atoms with Crippen LogP contribution in [0.1, 0.15) is 0 Å². The van der Waals surface area contributed by atoms with E-state index in [1.807, 2.05) is 0 Å². The van der Waals surface area contributed by atoms with Gasteiger partial charge in [0.25, 0.3) is 0 Å². The molecule has 2 aromatic rings. The quantitative estimate of drug-likeness (QED) is 0.657. The van der Waals surface area contributed by atoms with Gasteiger partial charge in [0, 0.05) is 10.5 Å². The van der Waals surface area contributed by atoms with Gasteiger partial charge in [0.1, 0.15) is 0 Å². The van der Waals surface area contributed by atoms with Crippen LogP contribution in [0.2, 0.25) is 0 Å². The maximum atomic E-state index is 5.68. The summed E-state index contributed by atoms with van der Waals surface area (Å²) < 4.78 is 0.976. The van der Waals surface area contributed by atoms with Crippen LogP contribution in [-0.4, -0.2) is 16.5 Å². The maximum absolute atomic E-state index is 5.68. The van der Waals surface area contributed by atoms with Crippen molar-refractivity contribution in [2.24, 2.45) is 0 Å². The standard InChI is InChI=1S/C10H10IN3S/c1-15-7-4-2-6(3-5-7)9-8(11)10(12)14-13-9/h2-5H,1H3,(H3,12,13,14). The summed E-state index contributed by atoms with van der Waals surface area (Å²) in [4.78, 5) is 1.25. The van der Waals surface area contributed by atoms with Crippen LogP contribution in [0.15, 0.2) is 29.2 Å². The van der Waals surface area contributed by atoms with E-state index in [1.165, 1.54) is 4.90 Å². The van der Waals surface area contributed by atoms with E-state index in [9.17, 15) is 0 Å². The molecule has 1 aromatic heterocycles. The fraction of sp³-hybridized carbons (Fsp3) is 0.100. The van der Waals surface area contributed by atoms with Crippen molar-refractivity contribution in [2.45, 2.75) is 4.90 Å². The number of thioether (sulfide) groups is 1. The summed E-state index contributed by atoms with van der Waals surface area (Å²) in [7, 11) is 0. The summed E-state index contributed by atoms with van der Waals surface area (Å²) in [6, 6.07) is 8.32. The van der Waals surface area contributed by atoms with Crippen molar-refractivity contribution in [3.63, 3.8) is 0 Å². The monoisotopic (exact) mass is 331 g/mol. The van der Waals surface area contributed by atoms with E-state index in [2.05, 4.69) is 63.3 Å². The predicted octanol–water partition coefficient (Wildman–Crippen LogP) is 2.99. The number of rotatable bonds is 2. The SMILES string of the molecule is CSc1ccc(-c2[nH]nc(N)c2I)cc1. The first-order valence-electron chi connectivity index (χ1n) is 4.36. The zero-order valence-electron chi connectivity index (χ0n) is 8.12. The number of H-pyrrole nitrogens is 1. The summed E-state index contributed by atoms with van der Waals surface area (Å²) in [6.07, 6.45) is 2.06. The van der Waals surface area contributed by atoms with Crippen molar-refractivity contribution >= 4 is 40.2 Å². The molecule has 3 N–H and O–H groups in total. The van der Waals surface area contributed by atoms with E-state index in [0.29, 0.717) is 5.82 Å². The molecule has 0 aliphatic heterocycles. The van der Waals surface area contributed by atoms with Gasteiger partial charge in [0.15, 0.2) is 5.82 Å². The second-order valence-electron chi connectivity index (χ2n) is 3.03. The second-order valence-corrected chi connectivity index (χ2v) is 4.98. The van der Waals surface area contributed by atoms with Gasteiger partial charge < -0.3 is 5.73 Å². The summed E-state index contributed by atoms with van der Waals surface area (Å²) in [6.45, 7) is 0. The topological polar surface area (TPSA) is 54.7 Å². The highest BCUT2D eigenvalue weighted by atomic mass is 127. The summed E-state index contributed by atoms with van der Waals surface area (Å²) in [5.41, 5.74) is 7.78. The fourth-order valence-corrected chi connectivity index (χ4v) is 2.25. The molecule has 0 aliphatic carbocycles. The fourth-order valence-electron chi connectivity index (χ4n) is 1.29. The van der Waals surface area contributed by atoms with Crippen LogP contribution in [0, 0.1) is 3.57 Å². The van der Waals surface area contributed by atoms with E-state index in [0.717, 1.165) is 14.8 Å². The molecule has 0 radical (unpaired) electrons. The zero-order valence-corrected chi connectivity index (χ0v) is 11.1. The van der Waals surface area contributed by atoms with Gasteiger partial charge in [-0.2, -0.15) is 5.10 Å². The molecule has 3 nitrogen and oxygen atoms in total. The number of hydrogen-bond acceptors (Lipinski definition) is 3. The Balaban J connectivity index is 2.41. The first-order valence-corrected chi connectivity index (χ1v) is 6.66. The Hall–Kier alpha value is -0.690. The Morgan fingerprint density at radius 1 is 1.33 bits per heavy atom. The molecular formula is C10H10IN3S. The van der Waals surface area contributed by atoms with Gasteiger partial charge in [-0.3, -0.25) is 5.10 Å². The lowest BCUT2D eigenvalue weighted by Crippen LogP contribution is -1.86. The van der Waals surface area contributed by atoms with Gasteiger partial charge >= 0.3 is 0 Å². The molecule has 5 heteroatoms. The molecule has 2 rings (SSSR count). The van der Waals surface area contributed by atoms with Crippen LogP contribution >= 0.6 is 34.4 Å². The number of halogens is 1. The summed E-state index contributed by atoms with van der Waals surface area (Å²) in [5.74, 6) is 0.555. The zero-order chi connectivity index (χ0) is 10.8. The predicted molar refractivity (Wildman–Crippen MR) is 72.9 cm³/mol. The molecular weight excluding hydrogens is 321 g/mol. The highest BCUT2D eigenvalue weighted by Crippen LogP contribution is 2.27. The number of anilines is 1. The number of nitrogens with zero attached hydrogens (tertiary/aromatic N) is 1. The highest BCUT2D eigenvalue weighted by molar-refractivity contribution is 14.1. The molecule has 0 bridgehead atoms. The Kier molecular flexibility index (Phi) is 3.20. The number of nitrogens with one attached hydrogen (secondary N) is 1. The maximum Gasteiger partial charge on any atom is 0.159 e. The minimum Gasteiger partial charge on any atom is -0.381 e. The average molecular weight is 331 g/mol. The van der Waals surface area contributed by atoms with Crippen molar-refractivity contribution in [3.8, 4) is 11.3 Å². The Morgan fingerprint density at radius 3 is 2.47 bits per heavy atom. The average Bonchev–Trinajstić information content (AvgIpc) is 2.60. The molecule has 0 amide bonds. The van der Waals surface area contributed by atoms with Crippen LogP contribution in [0.3, 0.4) is 0 Å². The van der Waals surface area contributed by atoms with Crippen molar-refractivity contribution in [3.05, 3.63) is 27.8 Å². The van der Waals surface area contributed by atoms with Crippen LogP contribution in [0.25, 0.3) is 11.3 Å².